The van der Waals surface area contributed by atoms with Crippen molar-refractivity contribution >= 4 is 36.1 Å². The molecule has 264 valence electrons. The summed E-state index contributed by atoms with van der Waals surface area (Å²) in [5.74, 6) is -4.56. The van der Waals surface area contributed by atoms with Crippen molar-refractivity contribution in [1.29, 1.82) is 0 Å². The summed E-state index contributed by atoms with van der Waals surface area (Å²) in [5, 5.41) is 23.1. The smallest absolute Gasteiger partial charge is 0.415 e. The minimum absolute atomic E-state index is 0.0451. The van der Waals surface area contributed by atoms with Gasteiger partial charge in [-0.3, -0.25) is 14.5 Å². The van der Waals surface area contributed by atoms with E-state index in [1.54, 1.807) is 18.2 Å². The van der Waals surface area contributed by atoms with Gasteiger partial charge in [-0.05, 0) is 63.0 Å². The lowest BCUT2D eigenvalue weighted by atomic mass is 10.0. The number of rotatable bonds is 4. The fourth-order valence-corrected chi connectivity index (χ4v) is 7.64. The Hall–Kier alpha value is -4.69. The maximum atomic E-state index is 14.4. The van der Waals surface area contributed by atoms with E-state index < -0.39 is 71.5 Å². The third-order valence-corrected chi connectivity index (χ3v) is 10.3. The monoisotopic (exact) mass is 684 g/mol. The van der Waals surface area contributed by atoms with Crippen molar-refractivity contribution in [3.63, 3.8) is 0 Å². The molecule has 14 nitrogen and oxygen atoms in total. The minimum Gasteiger partial charge on any atom is -0.479 e. The Morgan fingerprint density at radius 3 is 2.39 bits per heavy atom. The summed E-state index contributed by atoms with van der Waals surface area (Å²) in [7, 11) is 0. The second-order valence-corrected chi connectivity index (χ2v) is 13.6. The van der Waals surface area contributed by atoms with E-state index in [0.717, 1.165) is 17.7 Å². The van der Waals surface area contributed by atoms with E-state index in [1.165, 1.54) is 17.0 Å². The molecule has 3 heterocycles. The van der Waals surface area contributed by atoms with Crippen LogP contribution in [-0.4, -0.2) is 97.4 Å². The third kappa shape index (κ3) is 6.92. The molecule has 5 atom stereocenters. The number of aliphatic carboxylic acids is 1. The first-order valence-electron chi connectivity index (χ1n) is 17.0. The number of imide groups is 1. The lowest BCUT2D eigenvalue weighted by Crippen LogP contribution is -2.59. The summed E-state index contributed by atoms with van der Waals surface area (Å²) in [5.41, 5.74) is -1.09. The molecule has 0 aromatic heterocycles. The van der Waals surface area contributed by atoms with Crippen molar-refractivity contribution in [3.05, 3.63) is 47.3 Å². The van der Waals surface area contributed by atoms with Gasteiger partial charge in [-0.15, -0.1) is 0 Å². The molecule has 3 N–H and O–H groups in total. The highest BCUT2D eigenvalue weighted by Gasteiger charge is 2.68. The zero-order chi connectivity index (χ0) is 34.9. The Balaban J connectivity index is 1.27. The molecule has 2 saturated carbocycles. The maximum absolute atomic E-state index is 14.4. The molecule has 1 saturated heterocycles. The van der Waals surface area contributed by atoms with E-state index in [9.17, 15) is 43.4 Å². The second kappa shape index (κ2) is 14.0. The molecule has 6 rings (SSSR count). The number of nitrogens with zero attached hydrogens (tertiary/aromatic N) is 3. The van der Waals surface area contributed by atoms with E-state index in [-0.39, 0.29) is 45.0 Å². The first-order chi connectivity index (χ1) is 23.5. The molecule has 5 amide bonds. The highest BCUT2D eigenvalue weighted by molar-refractivity contribution is 6.04. The van der Waals surface area contributed by atoms with Crippen LogP contribution >= 0.6 is 0 Å². The second-order valence-electron chi connectivity index (χ2n) is 13.6. The molecule has 15 heteroatoms. The Labute approximate surface area is 282 Å². The summed E-state index contributed by atoms with van der Waals surface area (Å²) in [6.07, 6.45) is 4.18. The minimum atomic E-state index is -2.06. The van der Waals surface area contributed by atoms with Gasteiger partial charge in [0.1, 0.15) is 30.1 Å². The van der Waals surface area contributed by atoms with Crippen LogP contribution in [0.4, 0.5) is 18.8 Å². The molecule has 3 aliphatic heterocycles. The van der Waals surface area contributed by atoms with E-state index >= 15 is 0 Å². The van der Waals surface area contributed by atoms with Crippen molar-refractivity contribution < 1.29 is 52.8 Å². The van der Waals surface area contributed by atoms with Crippen molar-refractivity contribution in [2.75, 3.05) is 6.54 Å². The first kappa shape index (κ1) is 34.2. The molecule has 3 fully saturated rings. The van der Waals surface area contributed by atoms with Crippen molar-refractivity contribution in [3.8, 4) is 0 Å². The van der Waals surface area contributed by atoms with Gasteiger partial charge in [0.05, 0.1) is 13.1 Å². The van der Waals surface area contributed by atoms with Crippen molar-refractivity contribution in [2.45, 2.75) is 114 Å². The number of amides is 5. The first-order valence-corrected chi connectivity index (χ1v) is 17.0. The van der Waals surface area contributed by atoms with E-state index in [0.29, 0.717) is 54.6 Å². The Morgan fingerprint density at radius 2 is 1.67 bits per heavy atom. The number of ether oxygens (including phenoxy) is 2. The normalized spacial score (nSPS) is 29.6. The number of carbonyl (C=O) groups excluding carboxylic acids is 4. The number of hydrogen-bond donors (Lipinski definition) is 3. The van der Waals surface area contributed by atoms with E-state index in [4.69, 9.17) is 9.47 Å². The standard InChI is InChI=1S/C34H41FN4O10/c35-25-13-8-9-20-17-37(19-24(20)25)33(47)49-23-15-27-29(41)39(32(45)46)34(30(42)43)16-21(34)10-4-2-1-3-5-14-26(28(40)38(27)18-23)36-31(44)48-22-11-6-7-12-22/h4,8-10,13,21-23,26-27H,1-3,5-7,11-12,14-19H2,(H,36,44)(H,42,43)(H,45,46)/b10-4-/t21-,23-,26+,27+,34-/m1/s1. The molecule has 0 bridgehead atoms. The number of carbonyl (C=O) groups is 6. The number of carboxylic acids is 1. The number of fused-ring (bicyclic) bond motifs is 3. The van der Waals surface area contributed by atoms with Gasteiger partial charge in [-0.25, -0.2) is 28.5 Å². The molecular formula is C34H41FN4O10. The van der Waals surface area contributed by atoms with Gasteiger partial charge in [0.15, 0.2) is 5.54 Å². The van der Waals surface area contributed by atoms with Gasteiger partial charge >= 0.3 is 24.2 Å². The molecule has 0 unspecified atom stereocenters. The van der Waals surface area contributed by atoms with Crippen LogP contribution in [0.1, 0.15) is 81.8 Å². The predicted molar refractivity (Wildman–Crippen MR) is 167 cm³/mol. The van der Waals surface area contributed by atoms with Gasteiger partial charge in [-0.2, -0.15) is 0 Å². The van der Waals surface area contributed by atoms with Crippen LogP contribution in [0.2, 0.25) is 0 Å². The fourth-order valence-electron chi connectivity index (χ4n) is 7.64. The molecule has 0 spiro atoms. The summed E-state index contributed by atoms with van der Waals surface area (Å²) in [4.78, 5) is 82.5. The van der Waals surface area contributed by atoms with E-state index in [1.807, 2.05) is 0 Å². The van der Waals surface area contributed by atoms with Gasteiger partial charge in [0.2, 0.25) is 5.91 Å². The van der Waals surface area contributed by atoms with Crippen molar-refractivity contribution in [2.24, 2.45) is 5.92 Å². The van der Waals surface area contributed by atoms with Crippen LogP contribution in [0.3, 0.4) is 0 Å². The van der Waals surface area contributed by atoms with Crippen LogP contribution in [-0.2, 0) is 36.9 Å². The predicted octanol–water partition coefficient (Wildman–Crippen LogP) is 4.16. The third-order valence-electron chi connectivity index (χ3n) is 10.3. The molecular weight excluding hydrogens is 643 g/mol. The lowest BCUT2D eigenvalue weighted by molar-refractivity contribution is -0.154. The van der Waals surface area contributed by atoms with Gasteiger partial charge in [0, 0.05) is 24.4 Å². The van der Waals surface area contributed by atoms with Crippen LogP contribution in [0.5, 0.6) is 0 Å². The number of benzene rings is 1. The topological polar surface area (TPSA) is 183 Å². The van der Waals surface area contributed by atoms with Gasteiger partial charge in [0.25, 0.3) is 5.91 Å². The highest BCUT2D eigenvalue weighted by atomic mass is 19.1. The van der Waals surface area contributed by atoms with Crippen LogP contribution in [0.25, 0.3) is 0 Å². The van der Waals surface area contributed by atoms with Crippen LogP contribution in [0.15, 0.2) is 30.4 Å². The van der Waals surface area contributed by atoms with Gasteiger partial charge in [-0.1, -0.05) is 37.1 Å². The number of alkyl carbamates (subject to hydrolysis) is 1. The number of hydrogen-bond acceptors (Lipinski definition) is 8. The number of carboxylic acid groups (broad SMARTS) is 2. The Bertz CT molecular complexity index is 1550. The highest BCUT2D eigenvalue weighted by Crippen LogP contribution is 2.51. The zero-order valence-electron chi connectivity index (χ0n) is 27.1. The molecule has 1 aromatic rings. The summed E-state index contributed by atoms with van der Waals surface area (Å²) >= 11 is 0. The molecule has 5 aliphatic rings. The SMILES string of the molecule is O=C(N[C@H]1CCCCC/C=C\[C@@H]2C[C@@]2(C(=O)O)N(C(=O)O)C(=O)[C@@H]2C[C@@H](OC(=O)N3Cc4cccc(F)c4C3)CN2C1=O)OC1CCCC1. The molecule has 0 radical (unpaired) electrons. The van der Waals surface area contributed by atoms with Crippen LogP contribution in [0, 0.1) is 11.7 Å². The largest absolute Gasteiger partial charge is 0.479 e. The van der Waals surface area contributed by atoms with Crippen LogP contribution < -0.4 is 5.32 Å². The fraction of sp³-hybridized carbons (Fsp3) is 0.588. The lowest BCUT2D eigenvalue weighted by Gasteiger charge is -2.33. The summed E-state index contributed by atoms with van der Waals surface area (Å²) in [6.45, 7) is -0.277. The van der Waals surface area contributed by atoms with E-state index in [2.05, 4.69) is 5.32 Å². The Morgan fingerprint density at radius 1 is 0.918 bits per heavy atom. The average molecular weight is 685 g/mol. The van der Waals surface area contributed by atoms with Crippen molar-refractivity contribution in [1.82, 2.24) is 20.0 Å². The average Bonchev–Trinajstić information content (AvgIpc) is 3.46. The quantitative estimate of drug-likeness (QED) is 0.390. The Kier molecular flexibility index (Phi) is 9.79. The number of nitrogens with one attached hydrogen (secondary N) is 1. The summed E-state index contributed by atoms with van der Waals surface area (Å²) < 4.78 is 25.6. The number of allylic oxidation sites excluding steroid dienone is 1. The molecule has 2 aliphatic carbocycles. The zero-order valence-corrected chi connectivity index (χ0v) is 27.1. The summed E-state index contributed by atoms with van der Waals surface area (Å²) in [6, 6.07) is 1.86. The van der Waals surface area contributed by atoms with Gasteiger partial charge < -0.3 is 29.9 Å². The maximum Gasteiger partial charge on any atom is 0.415 e. The molecule has 49 heavy (non-hydrogen) atoms. The number of halogens is 1. The molecule has 1 aromatic carbocycles.